The van der Waals surface area contributed by atoms with Crippen molar-refractivity contribution >= 4 is 5.91 Å². The average molecular weight is 324 g/mol. The minimum Gasteiger partial charge on any atom is -0.355 e. The number of aryl methyl sites for hydroxylation is 3. The zero-order valence-electron chi connectivity index (χ0n) is 12.6. The summed E-state index contributed by atoms with van der Waals surface area (Å²) in [6, 6.07) is 3.10. The van der Waals surface area contributed by atoms with E-state index in [0.717, 1.165) is 6.20 Å². The van der Waals surface area contributed by atoms with E-state index in [-0.39, 0.29) is 30.3 Å². The summed E-state index contributed by atoms with van der Waals surface area (Å²) in [6.45, 7) is 1.54. The topological polar surface area (TPSA) is 67.8 Å². The van der Waals surface area contributed by atoms with Crippen LogP contribution in [0.4, 0.5) is 13.2 Å². The van der Waals surface area contributed by atoms with Crippen LogP contribution in [-0.2, 0) is 19.0 Å². The molecule has 0 radical (unpaired) electrons. The molecule has 0 aromatic carbocycles. The van der Waals surface area contributed by atoms with Gasteiger partial charge in [0.25, 0.3) is 5.91 Å². The number of nitrogens with one attached hydrogen (secondary N) is 1. The summed E-state index contributed by atoms with van der Waals surface area (Å²) < 4.78 is 38.9. The molecule has 0 aliphatic carbocycles. The molecule has 2 aromatic heterocycles. The summed E-state index contributed by atoms with van der Waals surface area (Å²) in [7, 11) is 1.50. The molecule has 8 heteroatoms. The predicted octanol–water partition coefficient (Wildman–Crippen LogP) is 2.34. The number of hydrogen-bond donors (Lipinski definition) is 1. The molecule has 2 rings (SSSR count). The van der Waals surface area contributed by atoms with Crippen LogP contribution in [-0.4, -0.2) is 27.9 Å². The van der Waals surface area contributed by atoms with E-state index in [4.69, 9.17) is 0 Å². The fourth-order valence-corrected chi connectivity index (χ4v) is 2.09. The van der Waals surface area contributed by atoms with Crippen molar-refractivity contribution in [3.63, 3.8) is 0 Å². The highest BCUT2D eigenvalue weighted by Gasteiger charge is 2.34. The Hall–Kier alpha value is -2.51. The Balaban J connectivity index is 2.21. The molecule has 5 nitrogen and oxygen atoms in total. The standard InChI is InChI=1S/C15H15F3N4O/c1-9-21-8-12(15(16,17)18)13(22-9)4-3-11-7-10(5-6-20-11)14(23)19-2/h5-8H,3-4H2,1-2H3,(H,19,23). The van der Waals surface area contributed by atoms with E-state index >= 15 is 0 Å². The molecular weight excluding hydrogens is 309 g/mol. The number of carbonyl (C=O) groups is 1. The third-order valence-electron chi connectivity index (χ3n) is 3.22. The van der Waals surface area contributed by atoms with Crippen molar-refractivity contribution in [3.8, 4) is 0 Å². The van der Waals surface area contributed by atoms with Crippen molar-refractivity contribution in [2.45, 2.75) is 25.9 Å². The van der Waals surface area contributed by atoms with Crippen LogP contribution in [0.3, 0.4) is 0 Å². The Bertz CT molecular complexity index is 716. The summed E-state index contributed by atoms with van der Waals surface area (Å²) >= 11 is 0. The normalized spacial score (nSPS) is 11.3. The molecule has 0 saturated carbocycles. The number of aromatic nitrogens is 3. The Morgan fingerprint density at radius 2 is 2.00 bits per heavy atom. The van der Waals surface area contributed by atoms with Crippen molar-refractivity contribution in [2.24, 2.45) is 0 Å². The van der Waals surface area contributed by atoms with Gasteiger partial charge < -0.3 is 5.32 Å². The van der Waals surface area contributed by atoms with Gasteiger partial charge in [-0.15, -0.1) is 0 Å². The smallest absolute Gasteiger partial charge is 0.355 e. The number of hydrogen-bond acceptors (Lipinski definition) is 4. The van der Waals surface area contributed by atoms with Gasteiger partial charge in [0, 0.05) is 30.7 Å². The Morgan fingerprint density at radius 3 is 2.65 bits per heavy atom. The molecule has 0 aliphatic heterocycles. The highest BCUT2D eigenvalue weighted by atomic mass is 19.4. The molecule has 0 aliphatic rings. The van der Waals surface area contributed by atoms with E-state index in [2.05, 4.69) is 20.3 Å². The molecule has 0 fully saturated rings. The number of carbonyl (C=O) groups excluding carboxylic acids is 1. The van der Waals surface area contributed by atoms with E-state index in [0.29, 0.717) is 11.3 Å². The van der Waals surface area contributed by atoms with E-state index < -0.39 is 11.7 Å². The van der Waals surface area contributed by atoms with Gasteiger partial charge in [0.1, 0.15) is 5.82 Å². The monoisotopic (exact) mass is 324 g/mol. The zero-order valence-corrected chi connectivity index (χ0v) is 12.6. The lowest BCUT2D eigenvalue weighted by Gasteiger charge is -2.12. The summed E-state index contributed by atoms with van der Waals surface area (Å²) in [6.07, 6.45) is -1.95. The van der Waals surface area contributed by atoms with Crippen LogP contribution < -0.4 is 5.32 Å². The molecule has 23 heavy (non-hydrogen) atoms. The fraction of sp³-hybridized carbons (Fsp3) is 0.333. The molecule has 1 amide bonds. The van der Waals surface area contributed by atoms with Gasteiger partial charge in [0.15, 0.2) is 0 Å². The van der Waals surface area contributed by atoms with Crippen LogP contribution in [0.25, 0.3) is 0 Å². The molecule has 122 valence electrons. The molecule has 0 spiro atoms. The number of halogens is 3. The number of nitrogens with zero attached hydrogens (tertiary/aromatic N) is 3. The molecular formula is C15H15F3N4O. The van der Waals surface area contributed by atoms with E-state index in [1.54, 1.807) is 6.07 Å². The fourth-order valence-electron chi connectivity index (χ4n) is 2.09. The van der Waals surface area contributed by atoms with Crippen LogP contribution in [0.15, 0.2) is 24.5 Å². The number of pyridine rings is 1. The van der Waals surface area contributed by atoms with Crippen molar-refractivity contribution in [1.82, 2.24) is 20.3 Å². The second-order valence-electron chi connectivity index (χ2n) is 4.89. The van der Waals surface area contributed by atoms with Crippen molar-refractivity contribution in [1.29, 1.82) is 0 Å². The Kier molecular flexibility index (Phi) is 4.92. The average Bonchev–Trinajstić information content (AvgIpc) is 2.51. The maximum Gasteiger partial charge on any atom is 0.419 e. The van der Waals surface area contributed by atoms with Gasteiger partial charge in [0.2, 0.25) is 0 Å². The van der Waals surface area contributed by atoms with Gasteiger partial charge in [-0.1, -0.05) is 0 Å². The van der Waals surface area contributed by atoms with Crippen LogP contribution in [0.1, 0.15) is 33.1 Å². The third kappa shape index (κ3) is 4.24. The van der Waals surface area contributed by atoms with Crippen LogP contribution in [0.5, 0.6) is 0 Å². The maximum absolute atomic E-state index is 13.0. The predicted molar refractivity (Wildman–Crippen MR) is 76.8 cm³/mol. The van der Waals surface area contributed by atoms with Gasteiger partial charge >= 0.3 is 6.18 Å². The Labute approximate surface area is 131 Å². The highest BCUT2D eigenvalue weighted by Crippen LogP contribution is 2.31. The molecule has 0 unspecified atom stereocenters. The SMILES string of the molecule is CNC(=O)c1ccnc(CCc2nc(C)ncc2C(F)(F)F)c1. The number of amides is 1. The molecule has 0 bridgehead atoms. The van der Waals surface area contributed by atoms with Gasteiger partial charge in [0.05, 0.1) is 11.3 Å². The first-order valence-corrected chi connectivity index (χ1v) is 6.88. The number of rotatable bonds is 4. The van der Waals surface area contributed by atoms with Gasteiger partial charge in [-0.3, -0.25) is 9.78 Å². The van der Waals surface area contributed by atoms with Crippen LogP contribution in [0, 0.1) is 6.92 Å². The quantitative estimate of drug-likeness (QED) is 0.937. The highest BCUT2D eigenvalue weighted by molar-refractivity contribution is 5.93. The molecule has 0 saturated heterocycles. The van der Waals surface area contributed by atoms with Crippen LogP contribution in [0.2, 0.25) is 0 Å². The van der Waals surface area contributed by atoms with Crippen molar-refractivity contribution < 1.29 is 18.0 Å². The Morgan fingerprint density at radius 1 is 1.26 bits per heavy atom. The van der Waals surface area contributed by atoms with Crippen molar-refractivity contribution in [3.05, 3.63) is 52.9 Å². The first kappa shape index (κ1) is 16.9. The second kappa shape index (κ2) is 6.72. The molecule has 2 aromatic rings. The van der Waals surface area contributed by atoms with Gasteiger partial charge in [-0.25, -0.2) is 9.97 Å². The summed E-state index contributed by atoms with van der Waals surface area (Å²) in [5, 5.41) is 2.48. The van der Waals surface area contributed by atoms with Gasteiger partial charge in [-0.05, 0) is 31.9 Å². The zero-order chi connectivity index (χ0) is 17.0. The van der Waals surface area contributed by atoms with E-state index in [1.807, 2.05) is 0 Å². The van der Waals surface area contributed by atoms with E-state index in [1.165, 1.54) is 26.2 Å². The second-order valence-corrected chi connectivity index (χ2v) is 4.89. The molecule has 2 heterocycles. The summed E-state index contributed by atoms with van der Waals surface area (Å²) in [5.74, 6) is 0.00239. The maximum atomic E-state index is 13.0. The van der Waals surface area contributed by atoms with Crippen LogP contribution >= 0.6 is 0 Å². The lowest BCUT2D eigenvalue weighted by Crippen LogP contribution is -2.18. The minimum absolute atomic E-state index is 0.0579. The van der Waals surface area contributed by atoms with Crippen molar-refractivity contribution in [2.75, 3.05) is 7.05 Å². The lowest BCUT2D eigenvalue weighted by molar-refractivity contribution is -0.138. The van der Waals surface area contributed by atoms with E-state index in [9.17, 15) is 18.0 Å². The first-order valence-electron chi connectivity index (χ1n) is 6.88. The van der Waals surface area contributed by atoms with Gasteiger partial charge in [-0.2, -0.15) is 13.2 Å². The third-order valence-corrected chi connectivity index (χ3v) is 3.22. The molecule has 1 N–H and O–H groups in total. The minimum atomic E-state index is -4.50. The summed E-state index contributed by atoms with van der Waals surface area (Å²) in [5.41, 5.74) is 0.0191. The summed E-state index contributed by atoms with van der Waals surface area (Å²) in [4.78, 5) is 23.1. The first-order chi connectivity index (χ1) is 10.8. The largest absolute Gasteiger partial charge is 0.419 e. The lowest BCUT2D eigenvalue weighted by atomic mass is 10.1. The molecule has 0 atom stereocenters. The number of alkyl halides is 3.